The Morgan fingerprint density at radius 1 is 1.04 bits per heavy atom. The molecule has 0 amide bonds. The first kappa shape index (κ1) is 17.4. The number of nitrogens with one attached hydrogen (secondary N) is 1. The Labute approximate surface area is 139 Å². The fraction of sp³-hybridized carbons (Fsp3) is 0.400. The molecule has 0 spiro atoms. The van der Waals surface area contributed by atoms with E-state index in [0.29, 0.717) is 0 Å². The number of aryl methyl sites for hydroxylation is 1. The van der Waals surface area contributed by atoms with Gasteiger partial charge in [0.2, 0.25) is 0 Å². The van der Waals surface area contributed by atoms with Crippen LogP contribution in [0.15, 0.2) is 42.5 Å². The maximum atomic E-state index is 5.88. The molecule has 1 N–H and O–H groups in total. The Morgan fingerprint density at radius 2 is 1.83 bits per heavy atom. The lowest BCUT2D eigenvalue weighted by Crippen LogP contribution is -2.14. The number of ether oxygens (including phenoxy) is 2. The normalized spacial score (nSPS) is 12.0. The average molecular weight is 313 g/mol. The molecule has 0 aromatic heterocycles. The van der Waals surface area contributed by atoms with Crippen LogP contribution >= 0.6 is 0 Å². The van der Waals surface area contributed by atoms with Crippen LogP contribution in [-0.2, 0) is 13.1 Å². The van der Waals surface area contributed by atoms with Crippen molar-refractivity contribution in [1.82, 2.24) is 5.32 Å². The Hall–Kier alpha value is -2.00. The Kier molecular flexibility index (Phi) is 6.48. The lowest BCUT2D eigenvalue weighted by atomic mass is 10.1. The molecule has 1 atom stereocenters. The predicted molar refractivity (Wildman–Crippen MR) is 95.1 cm³/mol. The Morgan fingerprint density at radius 3 is 2.52 bits per heavy atom. The van der Waals surface area contributed by atoms with Gasteiger partial charge in [-0.05, 0) is 49.1 Å². The quantitative estimate of drug-likeness (QED) is 0.780. The molecule has 0 aliphatic carbocycles. The van der Waals surface area contributed by atoms with Gasteiger partial charge in [-0.15, -0.1) is 0 Å². The number of benzene rings is 2. The molecule has 0 fully saturated rings. The van der Waals surface area contributed by atoms with Crippen LogP contribution in [-0.4, -0.2) is 13.2 Å². The van der Waals surface area contributed by atoms with Gasteiger partial charge in [0.1, 0.15) is 0 Å². The summed E-state index contributed by atoms with van der Waals surface area (Å²) in [6.45, 7) is 7.98. The van der Waals surface area contributed by atoms with Gasteiger partial charge in [-0.25, -0.2) is 0 Å². The summed E-state index contributed by atoms with van der Waals surface area (Å²) >= 11 is 0. The highest BCUT2D eigenvalue weighted by Crippen LogP contribution is 2.29. The van der Waals surface area contributed by atoms with E-state index in [-0.39, 0.29) is 6.10 Å². The molecule has 3 heteroatoms. The van der Waals surface area contributed by atoms with Crippen LogP contribution in [0.25, 0.3) is 0 Å². The van der Waals surface area contributed by atoms with Crippen molar-refractivity contribution in [3.63, 3.8) is 0 Å². The highest BCUT2D eigenvalue weighted by molar-refractivity contribution is 5.43. The van der Waals surface area contributed by atoms with E-state index in [1.807, 2.05) is 12.1 Å². The monoisotopic (exact) mass is 313 g/mol. The lowest BCUT2D eigenvalue weighted by Gasteiger charge is -2.16. The van der Waals surface area contributed by atoms with Crippen LogP contribution in [0.1, 0.15) is 37.0 Å². The van der Waals surface area contributed by atoms with Crippen LogP contribution in [0.5, 0.6) is 11.5 Å². The van der Waals surface area contributed by atoms with E-state index in [2.05, 4.69) is 56.4 Å². The smallest absolute Gasteiger partial charge is 0.161 e. The van der Waals surface area contributed by atoms with Crippen LogP contribution in [0.2, 0.25) is 0 Å². The molecule has 1 unspecified atom stereocenters. The zero-order chi connectivity index (χ0) is 16.7. The molecule has 2 aromatic rings. The first-order valence-corrected chi connectivity index (χ1v) is 8.22. The zero-order valence-electron chi connectivity index (χ0n) is 14.6. The predicted octanol–water partition coefficient (Wildman–Crippen LogP) is 4.47. The van der Waals surface area contributed by atoms with E-state index >= 15 is 0 Å². The fourth-order valence-electron chi connectivity index (χ4n) is 2.37. The SMILES string of the molecule is CCC(C)Oc1ccc(CNCc2ccccc2C)cc1OC. The molecular weight excluding hydrogens is 286 g/mol. The maximum absolute atomic E-state index is 5.88. The third kappa shape index (κ3) is 5.00. The van der Waals surface area contributed by atoms with Crippen molar-refractivity contribution in [1.29, 1.82) is 0 Å². The second-order valence-corrected chi connectivity index (χ2v) is 5.85. The molecule has 2 rings (SSSR count). The Bertz CT molecular complexity index is 625. The molecular formula is C20H27NO2. The lowest BCUT2D eigenvalue weighted by molar-refractivity contribution is 0.207. The molecule has 23 heavy (non-hydrogen) atoms. The summed E-state index contributed by atoms with van der Waals surface area (Å²) < 4.78 is 11.3. The fourth-order valence-corrected chi connectivity index (χ4v) is 2.37. The Balaban J connectivity index is 1.97. The first-order valence-electron chi connectivity index (χ1n) is 8.22. The van der Waals surface area contributed by atoms with Gasteiger partial charge in [-0.1, -0.05) is 37.3 Å². The minimum atomic E-state index is 0.189. The summed E-state index contributed by atoms with van der Waals surface area (Å²) in [5.41, 5.74) is 3.83. The highest BCUT2D eigenvalue weighted by Gasteiger charge is 2.09. The summed E-state index contributed by atoms with van der Waals surface area (Å²) in [5, 5.41) is 3.49. The number of hydrogen-bond donors (Lipinski definition) is 1. The van der Waals surface area contributed by atoms with Crippen molar-refractivity contribution in [2.24, 2.45) is 0 Å². The summed E-state index contributed by atoms with van der Waals surface area (Å²) in [4.78, 5) is 0. The van der Waals surface area contributed by atoms with E-state index < -0.39 is 0 Å². The van der Waals surface area contributed by atoms with Gasteiger partial charge in [0, 0.05) is 13.1 Å². The van der Waals surface area contributed by atoms with E-state index in [9.17, 15) is 0 Å². The number of rotatable bonds is 8. The third-order valence-corrected chi connectivity index (χ3v) is 4.04. The summed E-state index contributed by atoms with van der Waals surface area (Å²) in [6.07, 6.45) is 1.16. The van der Waals surface area contributed by atoms with Gasteiger partial charge < -0.3 is 14.8 Å². The molecule has 0 radical (unpaired) electrons. The number of hydrogen-bond acceptors (Lipinski definition) is 3. The summed E-state index contributed by atoms with van der Waals surface area (Å²) in [7, 11) is 1.68. The highest BCUT2D eigenvalue weighted by atomic mass is 16.5. The van der Waals surface area contributed by atoms with E-state index in [4.69, 9.17) is 9.47 Å². The minimum absolute atomic E-state index is 0.189. The van der Waals surface area contributed by atoms with Gasteiger partial charge in [-0.2, -0.15) is 0 Å². The average Bonchev–Trinajstić information content (AvgIpc) is 2.57. The standard InChI is InChI=1S/C20H27NO2/c1-5-16(3)23-19-11-10-17(12-20(19)22-4)13-21-14-18-9-7-6-8-15(18)2/h6-12,16,21H,5,13-14H2,1-4H3. The maximum Gasteiger partial charge on any atom is 0.161 e. The van der Waals surface area contributed by atoms with E-state index in [1.54, 1.807) is 7.11 Å². The van der Waals surface area contributed by atoms with Gasteiger partial charge in [0.05, 0.1) is 13.2 Å². The largest absolute Gasteiger partial charge is 0.493 e. The van der Waals surface area contributed by atoms with Gasteiger partial charge >= 0.3 is 0 Å². The number of methoxy groups -OCH3 is 1. The van der Waals surface area contributed by atoms with Crippen LogP contribution < -0.4 is 14.8 Å². The molecule has 3 nitrogen and oxygen atoms in total. The van der Waals surface area contributed by atoms with Gasteiger partial charge in [0.15, 0.2) is 11.5 Å². The van der Waals surface area contributed by atoms with Crippen molar-refractivity contribution < 1.29 is 9.47 Å². The third-order valence-electron chi connectivity index (χ3n) is 4.04. The van der Waals surface area contributed by atoms with Gasteiger partial charge in [0.25, 0.3) is 0 Å². The molecule has 0 saturated carbocycles. The summed E-state index contributed by atoms with van der Waals surface area (Å²) in [5.74, 6) is 1.60. The zero-order valence-corrected chi connectivity index (χ0v) is 14.6. The molecule has 124 valence electrons. The van der Waals surface area contributed by atoms with Crippen molar-refractivity contribution in [3.8, 4) is 11.5 Å². The molecule has 0 aliphatic rings. The topological polar surface area (TPSA) is 30.5 Å². The molecule has 0 aliphatic heterocycles. The minimum Gasteiger partial charge on any atom is -0.493 e. The molecule has 0 heterocycles. The summed E-state index contributed by atoms with van der Waals surface area (Å²) in [6, 6.07) is 14.6. The van der Waals surface area contributed by atoms with Crippen LogP contribution in [0, 0.1) is 6.92 Å². The second kappa shape index (κ2) is 8.59. The van der Waals surface area contributed by atoms with Crippen molar-refractivity contribution >= 4 is 0 Å². The van der Waals surface area contributed by atoms with E-state index in [0.717, 1.165) is 31.0 Å². The molecule has 0 saturated heterocycles. The van der Waals surface area contributed by atoms with Crippen molar-refractivity contribution in [3.05, 3.63) is 59.2 Å². The van der Waals surface area contributed by atoms with Crippen molar-refractivity contribution in [2.45, 2.75) is 46.4 Å². The first-order chi connectivity index (χ1) is 11.1. The van der Waals surface area contributed by atoms with E-state index in [1.165, 1.54) is 16.7 Å². The van der Waals surface area contributed by atoms with Gasteiger partial charge in [-0.3, -0.25) is 0 Å². The molecule has 0 bridgehead atoms. The molecule has 2 aromatic carbocycles. The van der Waals surface area contributed by atoms with Crippen LogP contribution in [0.4, 0.5) is 0 Å². The van der Waals surface area contributed by atoms with Crippen LogP contribution in [0.3, 0.4) is 0 Å². The van der Waals surface area contributed by atoms with Crippen molar-refractivity contribution in [2.75, 3.05) is 7.11 Å². The second-order valence-electron chi connectivity index (χ2n) is 5.85.